The van der Waals surface area contributed by atoms with Crippen LogP contribution in [0, 0.1) is 11.3 Å². The Labute approximate surface area is 135 Å². The van der Waals surface area contributed by atoms with Gasteiger partial charge in [-0.25, -0.2) is 0 Å². The lowest BCUT2D eigenvalue weighted by Gasteiger charge is -2.41. The molecule has 1 aliphatic rings. The number of anilines is 1. The van der Waals surface area contributed by atoms with E-state index in [0.29, 0.717) is 17.2 Å². The van der Waals surface area contributed by atoms with Gasteiger partial charge >= 0.3 is 0 Å². The highest BCUT2D eigenvalue weighted by Gasteiger charge is 2.32. The third-order valence-electron chi connectivity index (χ3n) is 4.32. The molecule has 3 rings (SSSR count). The van der Waals surface area contributed by atoms with E-state index in [1.165, 1.54) is 0 Å². The molecule has 1 aliphatic heterocycles. The van der Waals surface area contributed by atoms with Crippen LogP contribution >= 0.6 is 11.6 Å². The lowest BCUT2D eigenvalue weighted by atomic mass is 9.99. The Morgan fingerprint density at radius 1 is 1.50 bits per heavy atom. The highest BCUT2D eigenvalue weighted by atomic mass is 35.5. The van der Waals surface area contributed by atoms with Crippen LogP contribution in [-0.2, 0) is 4.74 Å². The maximum absolute atomic E-state index is 9.48. The summed E-state index contributed by atoms with van der Waals surface area (Å²) in [5.41, 5.74) is 2.15. The molecule has 1 atom stereocenters. The van der Waals surface area contributed by atoms with E-state index in [9.17, 15) is 5.26 Å². The first kappa shape index (κ1) is 15.1. The summed E-state index contributed by atoms with van der Waals surface area (Å²) in [5.74, 6) is 0. The van der Waals surface area contributed by atoms with Crippen LogP contribution in [0.1, 0.15) is 25.8 Å². The van der Waals surface area contributed by atoms with Gasteiger partial charge in [0.05, 0.1) is 29.0 Å². The molecule has 1 aromatic heterocycles. The Morgan fingerprint density at radius 2 is 2.32 bits per heavy atom. The molecular formula is C17H18ClN3O. The largest absolute Gasteiger partial charge is 0.372 e. The maximum Gasteiger partial charge on any atom is 0.103 e. The molecule has 114 valence electrons. The maximum atomic E-state index is 9.48. The summed E-state index contributed by atoms with van der Waals surface area (Å²) in [6.45, 7) is 6.40. The predicted octanol–water partition coefficient (Wildman–Crippen LogP) is 3.77. The van der Waals surface area contributed by atoms with Gasteiger partial charge in [0.1, 0.15) is 6.07 Å². The lowest BCUT2D eigenvalue weighted by Crippen LogP contribution is -2.50. The van der Waals surface area contributed by atoms with Crippen molar-refractivity contribution in [1.29, 1.82) is 5.26 Å². The number of fused-ring (bicyclic) bond motifs is 1. The fourth-order valence-electron chi connectivity index (χ4n) is 2.91. The second kappa shape index (κ2) is 5.75. The van der Waals surface area contributed by atoms with E-state index in [1.54, 1.807) is 6.20 Å². The molecule has 1 saturated heterocycles. The summed E-state index contributed by atoms with van der Waals surface area (Å²) in [6, 6.07) is 7.86. The second-order valence-corrected chi connectivity index (χ2v) is 6.30. The van der Waals surface area contributed by atoms with Crippen molar-refractivity contribution in [3.8, 4) is 6.07 Å². The first-order chi connectivity index (χ1) is 10.6. The van der Waals surface area contributed by atoms with Crippen LogP contribution in [-0.4, -0.2) is 30.3 Å². The molecule has 0 spiro atoms. The first-order valence-electron chi connectivity index (χ1n) is 7.43. The molecule has 0 amide bonds. The Kier molecular flexibility index (Phi) is 3.94. The minimum Gasteiger partial charge on any atom is -0.372 e. The zero-order chi connectivity index (χ0) is 15.7. The molecule has 0 N–H and O–H groups in total. The average Bonchev–Trinajstić information content (AvgIpc) is 2.53. The highest BCUT2D eigenvalue weighted by molar-refractivity contribution is 6.31. The first-order valence-corrected chi connectivity index (χ1v) is 7.81. The summed E-state index contributed by atoms with van der Waals surface area (Å²) in [6.07, 6.45) is 2.57. The van der Waals surface area contributed by atoms with Gasteiger partial charge in [-0.1, -0.05) is 18.5 Å². The monoisotopic (exact) mass is 315 g/mol. The van der Waals surface area contributed by atoms with E-state index < -0.39 is 0 Å². The average molecular weight is 316 g/mol. The van der Waals surface area contributed by atoms with E-state index in [2.05, 4.69) is 29.8 Å². The van der Waals surface area contributed by atoms with E-state index >= 15 is 0 Å². The fraction of sp³-hybridized carbons (Fsp3) is 0.412. The molecule has 1 aromatic carbocycles. The van der Waals surface area contributed by atoms with Gasteiger partial charge in [-0.05, 0) is 31.5 Å². The molecule has 2 aromatic rings. The zero-order valence-corrected chi connectivity index (χ0v) is 13.5. The van der Waals surface area contributed by atoms with Gasteiger partial charge < -0.3 is 9.64 Å². The van der Waals surface area contributed by atoms with Crippen molar-refractivity contribution in [3.05, 3.63) is 35.0 Å². The normalized spacial score (nSPS) is 21.8. The topological polar surface area (TPSA) is 49.2 Å². The van der Waals surface area contributed by atoms with E-state index in [4.69, 9.17) is 16.3 Å². The van der Waals surface area contributed by atoms with Crippen molar-refractivity contribution in [2.75, 3.05) is 24.6 Å². The Balaban J connectivity index is 2.16. The number of nitrogens with zero attached hydrogens (tertiary/aromatic N) is 3. The third kappa shape index (κ3) is 2.63. The summed E-state index contributed by atoms with van der Waals surface area (Å²) >= 11 is 6.15. The Bertz CT molecular complexity index is 755. The van der Waals surface area contributed by atoms with Crippen molar-refractivity contribution in [1.82, 2.24) is 4.98 Å². The summed E-state index contributed by atoms with van der Waals surface area (Å²) in [5, 5.41) is 11.1. The van der Waals surface area contributed by atoms with Gasteiger partial charge in [0.2, 0.25) is 0 Å². The number of aromatic nitrogens is 1. The van der Waals surface area contributed by atoms with Crippen molar-refractivity contribution in [2.24, 2.45) is 0 Å². The van der Waals surface area contributed by atoms with Crippen LogP contribution in [0.5, 0.6) is 0 Å². The van der Waals surface area contributed by atoms with Gasteiger partial charge in [0, 0.05) is 29.7 Å². The summed E-state index contributed by atoms with van der Waals surface area (Å²) in [7, 11) is 0. The number of ether oxygens (including phenoxy) is 1. The standard InChI is InChI=1S/C17H18ClN3O/c1-3-17(2)11-21(6-7-22-17)16-12(9-19)10-20-15-5-4-13(18)8-14(15)16/h4-5,8,10H,3,6-7,11H2,1-2H3. The number of rotatable bonds is 2. The molecule has 1 unspecified atom stereocenters. The van der Waals surface area contributed by atoms with Gasteiger partial charge in [-0.3, -0.25) is 4.98 Å². The van der Waals surface area contributed by atoms with Crippen molar-refractivity contribution >= 4 is 28.2 Å². The zero-order valence-electron chi connectivity index (χ0n) is 12.8. The van der Waals surface area contributed by atoms with Gasteiger partial charge in [0.25, 0.3) is 0 Å². The van der Waals surface area contributed by atoms with Crippen LogP contribution in [0.15, 0.2) is 24.4 Å². The Morgan fingerprint density at radius 3 is 3.05 bits per heavy atom. The molecule has 22 heavy (non-hydrogen) atoms. The highest BCUT2D eigenvalue weighted by Crippen LogP contribution is 2.34. The summed E-state index contributed by atoms with van der Waals surface area (Å²) in [4.78, 5) is 6.59. The second-order valence-electron chi connectivity index (χ2n) is 5.87. The number of hydrogen-bond acceptors (Lipinski definition) is 4. The Hall–Kier alpha value is -1.83. The number of benzene rings is 1. The fourth-order valence-corrected chi connectivity index (χ4v) is 3.08. The van der Waals surface area contributed by atoms with Crippen LogP contribution in [0.25, 0.3) is 10.9 Å². The van der Waals surface area contributed by atoms with E-state index in [0.717, 1.165) is 36.1 Å². The lowest BCUT2D eigenvalue weighted by molar-refractivity contribution is -0.0440. The van der Waals surface area contributed by atoms with Gasteiger partial charge in [0.15, 0.2) is 0 Å². The molecule has 0 aliphatic carbocycles. The molecule has 0 bridgehead atoms. The molecule has 0 saturated carbocycles. The summed E-state index contributed by atoms with van der Waals surface area (Å²) < 4.78 is 5.91. The molecule has 0 radical (unpaired) electrons. The van der Waals surface area contributed by atoms with Gasteiger partial charge in [-0.2, -0.15) is 5.26 Å². The van der Waals surface area contributed by atoms with Crippen LogP contribution in [0.3, 0.4) is 0 Å². The number of pyridine rings is 1. The van der Waals surface area contributed by atoms with E-state index in [1.807, 2.05) is 18.2 Å². The molecule has 1 fully saturated rings. The van der Waals surface area contributed by atoms with Crippen LogP contribution < -0.4 is 4.90 Å². The molecule has 2 heterocycles. The minimum atomic E-state index is -0.195. The number of morpholine rings is 1. The predicted molar refractivity (Wildman–Crippen MR) is 88.3 cm³/mol. The molecular weight excluding hydrogens is 298 g/mol. The van der Waals surface area contributed by atoms with Crippen LogP contribution in [0.2, 0.25) is 5.02 Å². The minimum absolute atomic E-state index is 0.195. The third-order valence-corrected chi connectivity index (χ3v) is 4.56. The quantitative estimate of drug-likeness (QED) is 0.846. The number of halogens is 1. The smallest absolute Gasteiger partial charge is 0.103 e. The molecule has 4 nitrogen and oxygen atoms in total. The molecule has 5 heteroatoms. The number of hydrogen-bond donors (Lipinski definition) is 0. The van der Waals surface area contributed by atoms with E-state index in [-0.39, 0.29) is 5.60 Å². The van der Waals surface area contributed by atoms with Crippen LogP contribution in [0.4, 0.5) is 5.69 Å². The van der Waals surface area contributed by atoms with Crippen molar-refractivity contribution < 1.29 is 4.74 Å². The SMILES string of the molecule is CCC1(C)CN(c2c(C#N)cnc3ccc(Cl)cc23)CCO1. The number of nitriles is 1. The van der Waals surface area contributed by atoms with Crippen molar-refractivity contribution in [3.63, 3.8) is 0 Å². The van der Waals surface area contributed by atoms with Crippen molar-refractivity contribution in [2.45, 2.75) is 25.9 Å². The van der Waals surface area contributed by atoms with Gasteiger partial charge in [-0.15, -0.1) is 0 Å².